The molecule has 2 rings (SSSR count). The molecule has 0 aromatic heterocycles. The summed E-state index contributed by atoms with van der Waals surface area (Å²) in [6, 6.07) is 8.02. The number of rotatable bonds is 1. The normalized spacial score (nSPS) is 19.9. The molecular weight excluding hydrogens is 180 g/mol. The third kappa shape index (κ3) is 1.93. The predicted molar refractivity (Wildman–Crippen MR) is 50.5 cm³/mol. The Morgan fingerprint density at radius 2 is 2.14 bits per heavy atom. The smallest absolute Gasteiger partial charge is 0.304 e. The van der Waals surface area contributed by atoms with Gasteiger partial charge in [-0.05, 0) is 11.1 Å². The zero-order valence-electron chi connectivity index (χ0n) is 8.03. The Balaban J connectivity index is 2.09. The molecule has 0 aliphatic carbocycles. The summed E-state index contributed by atoms with van der Waals surface area (Å²) in [6.07, 6.45) is 0.234. The summed E-state index contributed by atoms with van der Waals surface area (Å²) >= 11 is 0. The van der Waals surface area contributed by atoms with Gasteiger partial charge in [0.25, 0.3) is 0 Å². The summed E-state index contributed by atoms with van der Waals surface area (Å²) < 4.78 is 10.4. The van der Waals surface area contributed by atoms with Gasteiger partial charge in [0.15, 0.2) is 0 Å². The number of benzene rings is 1. The summed E-state index contributed by atoms with van der Waals surface area (Å²) in [7, 11) is 0. The number of esters is 1. The Morgan fingerprint density at radius 1 is 1.43 bits per heavy atom. The van der Waals surface area contributed by atoms with Crippen molar-refractivity contribution in [3.05, 3.63) is 35.4 Å². The molecule has 74 valence electrons. The standard InChI is InChI=1S/C11H12O3/c1-8(12)14-11-6-9-4-2-3-5-10(9)7-13-11/h2-5,11H,6-7H2,1H3. The van der Waals surface area contributed by atoms with Gasteiger partial charge >= 0.3 is 5.97 Å². The van der Waals surface area contributed by atoms with Crippen molar-refractivity contribution in [2.45, 2.75) is 26.2 Å². The van der Waals surface area contributed by atoms with E-state index in [1.54, 1.807) is 0 Å². The van der Waals surface area contributed by atoms with Crippen molar-refractivity contribution in [3.8, 4) is 0 Å². The summed E-state index contributed by atoms with van der Waals surface area (Å²) in [5, 5.41) is 0. The van der Waals surface area contributed by atoms with Gasteiger partial charge in [0.05, 0.1) is 6.61 Å². The van der Waals surface area contributed by atoms with Crippen molar-refractivity contribution in [1.82, 2.24) is 0 Å². The van der Waals surface area contributed by atoms with E-state index in [1.165, 1.54) is 18.1 Å². The van der Waals surface area contributed by atoms with Gasteiger partial charge in [-0.1, -0.05) is 24.3 Å². The molecule has 14 heavy (non-hydrogen) atoms. The van der Waals surface area contributed by atoms with E-state index < -0.39 is 6.29 Å². The molecule has 1 aliphatic heterocycles. The first-order valence-corrected chi connectivity index (χ1v) is 4.61. The maximum absolute atomic E-state index is 10.7. The van der Waals surface area contributed by atoms with Crippen molar-refractivity contribution in [3.63, 3.8) is 0 Å². The summed E-state index contributed by atoms with van der Waals surface area (Å²) in [5.41, 5.74) is 2.38. The minimum absolute atomic E-state index is 0.297. The molecule has 1 aliphatic rings. The highest BCUT2D eigenvalue weighted by molar-refractivity contribution is 5.66. The van der Waals surface area contributed by atoms with Gasteiger partial charge in [-0.25, -0.2) is 0 Å². The molecule has 1 aromatic carbocycles. The van der Waals surface area contributed by atoms with Crippen LogP contribution in [0.4, 0.5) is 0 Å². The average molecular weight is 192 g/mol. The highest BCUT2D eigenvalue weighted by atomic mass is 16.7. The van der Waals surface area contributed by atoms with Crippen LogP contribution in [0.3, 0.4) is 0 Å². The Labute approximate surface area is 82.6 Å². The predicted octanol–water partition coefficient (Wildman–Crippen LogP) is 1.65. The number of ether oxygens (including phenoxy) is 2. The minimum atomic E-state index is -0.414. The lowest BCUT2D eigenvalue weighted by Crippen LogP contribution is -2.26. The van der Waals surface area contributed by atoms with Crippen LogP contribution in [0.2, 0.25) is 0 Å². The lowest BCUT2D eigenvalue weighted by Gasteiger charge is -2.24. The van der Waals surface area contributed by atoms with Crippen LogP contribution in [0.15, 0.2) is 24.3 Å². The summed E-state index contributed by atoms with van der Waals surface area (Å²) in [5.74, 6) is -0.297. The quantitative estimate of drug-likeness (QED) is 0.634. The topological polar surface area (TPSA) is 35.5 Å². The molecule has 3 nitrogen and oxygen atoms in total. The van der Waals surface area contributed by atoms with Crippen molar-refractivity contribution in [1.29, 1.82) is 0 Å². The molecular formula is C11H12O3. The van der Waals surface area contributed by atoms with Crippen LogP contribution in [-0.2, 0) is 27.3 Å². The van der Waals surface area contributed by atoms with E-state index in [9.17, 15) is 4.79 Å². The number of hydrogen-bond acceptors (Lipinski definition) is 3. The van der Waals surface area contributed by atoms with Gasteiger partial charge in [0, 0.05) is 13.3 Å². The maximum Gasteiger partial charge on any atom is 0.304 e. The molecule has 1 unspecified atom stereocenters. The van der Waals surface area contributed by atoms with Crippen LogP contribution in [0, 0.1) is 0 Å². The highest BCUT2D eigenvalue weighted by Crippen LogP contribution is 2.20. The molecule has 1 heterocycles. The molecule has 0 N–H and O–H groups in total. The zero-order chi connectivity index (χ0) is 9.97. The molecule has 1 atom stereocenters. The maximum atomic E-state index is 10.7. The molecule has 0 radical (unpaired) electrons. The monoisotopic (exact) mass is 192 g/mol. The van der Waals surface area contributed by atoms with Gasteiger partial charge in [0.1, 0.15) is 0 Å². The first-order valence-electron chi connectivity index (χ1n) is 4.61. The second kappa shape index (κ2) is 3.80. The SMILES string of the molecule is CC(=O)OC1Cc2ccccc2CO1. The van der Waals surface area contributed by atoms with Crippen LogP contribution < -0.4 is 0 Å². The van der Waals surface area contributed by atoms with E-state index in [-0.39, 0.29) is 5.97 Å². The third-order valence-electron chi connectivity index (χ3n) is 2.23. The Morgan fingerprint density at radius 3 is 2.86 bits per heavy atom. The lowest BCUT2D eigenvalue weighted by atomic mass is 10.0. The van der Waals surface area contributed by atoms with Crippen LogP contribution >= 0.6 is 0 Å². The van der Waals surface area contributed by atoms with Gasteiger partial charge in [-0.3, -0.25) is 4.79 Å². The Bertz CT molecular complexity index is 346. The van der Waals surface area contributed by atoms with Crippen molar-refractivity contribution >= 4 is 5.97 Å². The van der Waals surface area contributed by atoms with E-state index in [2.05, 4.69) is 0 Å². The highest BCUT2D eigenvalue weighted by Gasteiger charge is 2.20. The lowest BCUT2D eigenvalue weighted by molar-refractivity contribution is -0.181. The van der Waals surface area contributed by atoms with Crippen LogP contribution in [0.25, 0.3) is 0 Å². The Kier molecular flexibility index (Phi) is 2.50. The third-order valence-corrected chi connectivity index (χ3v) is 2.23. The van der Waals surface area contributed by atoms with E-state index >= 15 is 0 Å². The second-order valence-corrected chi connectivity index (χ2v) is 3.32. The molecule has 1 aromatic rings. The zero-order valence-corrected chi connectivity index (χ0v) is 8.03. The second-order valence-electron chi connectivity index (χ2n) is 3.32. The molecule has 0 saturated heterocycles. The number of carbonyl (C=O) groups excluding carboxylic acids is 1. The molecule has 0 amide bonds. The molecule has 0 fully saturated rings. The van der Waals surface area contributed by atoms with E-state index in [1.807, 2.05) is 24.3 Å². The van der Waals surface area contributed by atoms with E-state index in [0.29, 0.717) is 13.0 Å². The van der Waals surface area contributed by atoms with Gasteiger partial charge < -0.3 is 9.47 Å². The first-order chi connectivity index (χ1) is 6.75. The minimum Gasteiger partial charge on any atom is -0.436 e. The Hall–Kier alpha value is -1.35. The summed E-state index contributed by atoms with van der Waals surface area (Å²) in [4.78, 5) is 10.7. The van der Waals surface area contributed by atoms with Crippen molar-refractivity contribution in [2.75, 3.05) is 0 Å². The largest absolute Gasteiger partial charge is 0.436 e. The average Bonchev–Trinajstić information content (AvgIpc) is 2.17. The number of carbonyl (C=O) groups is 1. The molecule has 0 spiro atoms. The molecule has 0 saturated carbocycles. The first kappa shape index (κ1) is 9.21. The van der Waals surface area contributed by atoms with Crippen LogP contribution in [0.1, 0.15) is 18.1 Å². The van der Waals surface area contributed by atoms with Crippen molar-refractivity contribution < 1.29 is 14.3 Å². The van der Waals surface area contributed by atoms with Crippen LogP contribution in [-0.4, -0.2) is 12.3 Å². The van der Waals surface area contributed by atoms with E-state index in [0.717, 1.165) is 0 Å². The van der Waals surface area contributed by atoms with Crippen LogP contribution in [0.5, 0.6) is 0 Å². The molecule has 3 heteroatoms. The van der Waals surface area contributed by atoms with Crippen molar-refractivity contribution in [2.24, 2.45) is 0 Å². The fourth-order valence-electron chi connectivity index (χ4n) is 1.58. The van der Waals surface area contributed by atoms with Gasteiger partial charge in [0.2, 0.25) is 6.29 Å². The molecule has 0 bridgehead atoms. The van der Waals surface area contributed by atoms with Gasteiger partial charge in [-0.15, -0.1) is 0 Å². The number of fused-ring (bicyclic) bond motifs is 1. The number of hydrogen-bond donors (Lipinski definition) is 0. The fourth-order valence-corrected chi connectivity index (χ4v) is 1.58. The summed E-state index contributed by atoms with van der Waals surface area (Å²) in [6.45, 7) is 1.91. The fraction of sp³-hybridized carbons (Fsp3) is 0.364. The van der Waals surface area contributed by atoms with Gasteiger partial charge in [-0.2, -0.15) is 0 Å². The van der Waals surface area contributed by atoms with E-state index in [4.69, 9.17) is 9.47 Å².